The Morgan fingerprint density at radius 3 is 2.92 bits per heavy atom. The second-order valence-corrected chi connectivity index (χ2v) is 5.00. The lowest BCUT2D eigenvalue weighted by Gasteiger charge is -2.11. The minimum absolute atomic E-state index is 0.0151. The number of nitrogens with one attached hydrogen (secondary N) is 2. The van der Waals surface area contributed by atoms with Gasteiger partial charge in [0.1, 0.15) is 5.52 Å². The van der Waals surface area contributed by atoms with Crippen LogP contribution < -0.4 is 14.8 Å². The molecule has 0 atom stereocenters. The van der Waals surface area contributed by atoms with Gasteiger partial charge < -0.3 is 19.8 Å². The molecule has 1 aliphatic heterocycles. The molecule has 0 saturated carbocycles. The highest BCUT2D eigenvalue weighted by Crippen LogP contribution is 2.36. The van der Waals surface area contributed by atoms with Gasteiger partial charge in [-0.05, 0) is 6.07 Å². The molecule has 4 rings (SSSR count). The Morgan fingerprint density at radius 1 is 1.21 bits per heavy atom. The molecule has 0 fully saturated rings. The third kappa shape index (κ3) is 2.45. The number of aromatic nitrogens is 4. The van der Waals surface area contributed by atoms with Gasteiger partial charge in [0.2, 0.25) is 12.6 Å². The van der Waals surface area contributed by atoms with Crippen molar-refractivity contribution in [3.8, 4) is 11.5 Å². The number of para-hydroxylation sites is 1. The van der Waals surface area contributed by atoms with E-state index in [0.29, 0.717) is 17.0 Å². The van der Waals surface area contributed by atoms with Crippen LogP contribution in [0.5, 0.6) is 11.5 Å². The van der Waals surface area contributed by atoms with E-state index >= 15 is 0 Å². The molecule has 124 valence electrons. The number of halogens is 3. The molecule has 1 aliphatic rings. The molecule has 0 aliphatic carbocycles. The van der Waals surface area contributed by atoms with Crippen LogP contribution in [0.1, 0.15) is 11.4 Å². The molecule has 0 spiro atoms. The lowest BCUT2D eigenvalue weighted by molar-refractivity contribution is -0.144. The van der Waals surface area contributed by atoms with Crippen LogP contribution >= 0.6 is 0 Å². The molecule has 2 aromatic heterocycles. The maximum atomic E-state index is 12.9. The predicted octanol–water partition coefficient (Wildman–Crippen LogP) is 2.71. The Bertz CT molecular complexity index is 909. The van der Waals surface area contributed by atoms with E-state index in [1.54, 1.807) is 18.2 Å². The summed E-state index contributed by atoms with van der Waals surface area (Å²) < 4.78 is 49.4. The second kappa shape index (κ2) is 5.25. The Kier molecular flexibility index (Phi) is 3.18. The van der Waals surface area contributed by atoms with Crippen molar-refractivity contribution in [2.45, 2.75) is 12.7 Å². The molecule has 10 heteroatoms. The maximum absolute atomic E-state index is 12.9. The van der Waals surface area contributed by atoms with Crippen molar-refractivity contribution < 1.29 is 22.6 Å². The minimum Gasteiger partial charge on any atom is -0.454 e. The smallest absolute Gasteiger partial charge is 0.451 e. The van der Waals surface area contributed by atoms with E-state index in [1.165, 1.54) is 6.33 Å². The van der Waals surface area contributed by atoms with Gasteiger partial charge >= 0.3 is 6.18 Å². The van der Waals surface area contributed by atoms with Crippen molar-refractivity contribution in [3.63, 3.8) is 0 Å². The van der Waals surface area contributed by atoms with E-state index in [9.17, 15) is 13.2 Å². The standard InChI is InChI=1S/C14H10F3N5O2/c15-14(16,17)13-21-11(9-12(22-13)20-5-19-9)18-4-7-2-1-3-8-10(7)24-6-23-8/h1-3,5H,4,6H2,(H2,18,19,20,21,22). The number of nitrogens with zero attached hydrogens (tertiary/aromatic N) is 3. The van der Waals surface area contributed by atoms with Gasteiger partial charge in [0.15, 0.2) is 23.0 Å². The number of hydrogen-bond donors (Lipinski definition) is 2. The van der Waals surface area contributed by atoms with Crippen LogP contribution in [0.25, 0.3) is 11.2 Å². The van der Waals surface area contributed by atoms with Crippen molar-refractivity contribution >= 4 is 17.0 Å². The summed E-state index contributed by atoms with van der Waals surface area (Å²) in [6.07, 6.45) is -3.39. The molecule has 1 aromatic carbocycles. The summed E-state index contributed by atoms with van der Waals surface area (Å²) in [5.41, 5.74) is 0.982. The third-order valence-electron chi connectivity index (χ3n) is 3.46. The van der Waals surface area contributed by atoms with Gasteiger partial charge in [-0.15, -0.1) is 0 Å². The van der Waals surface area contributed by atoms with E-state index in [-0.39, 0.29) is 24.8 Å². The van der Waals surface area contributed by atoms with Gasteiger partial charge in [0.25, 0.3) is 0 Å². The first-order valence-corrected chi connectivity index (χ1v) is 6.92. The Morgan fingerprint density at radius 2 is 2.08 bits per heavy atom. The fourth-order valence-corrected chi connectivity index (χ4v) is 2.40. The van der Waals surface area contributed by atoms with Crippen molar-refractivity contribution in [1.29, 1.82) is 0 Å². The van der Waals surface area contributed by atoms with Gasteiger partial charge in [-0.3, -0.25) is 0 Å². The monoisotopic (exact) mass is 337 g/mol. The number of fused-ring (bicyclic) bond motifs is 2. The van der Waals surface area contributed by atoms with E-state index in [4.69, 9.17) is 9.47 Å². The van der Waals surface area contributed by atoms with Crippen LogP contribution in [0.4, 0.5) is 19.0 Å². The zero-order chi connectivity index (χ0) is 16.7. The molecule has 0 bridgehead atoms. The molecule has 2 N–H and O–H groups in total. The van der Waals surface area contributed by atoms with Crippen molar-refractivity contribution in [2.75, 3.05) is 12.1 Å². The minimum atomic E-state index is -4.66. The first-order valence-electron chi connectivity index (χ1n) is 6.92. The summed E-state index contributed by atoms with van der Waals surface area (Å²) in [7, 11) is 0. The summed E-state index contributed by atoms with van der Waals surface area (Å²) in [5.74, 6) is -0.0700. The van der Waals surface area contributed by atoms with Gasteiger partial charge in [0, 0.05) is 12.1 Å². The van der Waals surface area contributed by atoms with Gasteiger partial charge in [0.05, 0.1) is 6.33 Å². The fraction of sp³-hybridized carbons (Fsp3) is 0.214. The maximum Gasteiger partial charge on any atom is 0.451 e. The number of benzene rings is 1. The first kappa shape index (κ1) is 14.5. The summed E-state index contributed by atoms with van der Waals surface area (Å²) in [4.78, 5) is 13.5. The number of alkyl halides is 3. The van der Waals surface area contributed by atoms with Crippen molar-refractivity contribution in [1.82, 2.24) is 19.9 Å². The summed E-state index contributed by atoms with van der Waals surface area (Å²) >= 11 is 0. The molecule has 0 radical (unpaired) electrons. The third-order valence-corrected chi connectivity index (χ3v) is 3.46. The highest BCUT2D eigenvalue weighted by Gasteiger charge is 2.36. The van der Waals surface area contributed by atoms with Crippen LogP contribution in [-0.4, -0.2) is 26.7 Å². The van der Waals surface area contributed by atoms with Crippen LogP contribution in [0.3, 0.4) is 0 Å². The molecule has 7 nitrogen and oxygen atoms in total. The SMILES string of the molecule is FC(F)(F)c1nc(NCc2cccc3c2OCO3)c2[nH]cnc2n1. The zero-order valence-corrected chi connectivity index (χ0v) is 12.0. The molecular formula is C14H10F3N5O2. The van der Waals surface area contributed by atoms with Crippen LogP contribution in [0.2, 0.25) is 0 Å². The topological polar surface area (TPSA) is 85.0 Å². The Labute approximate surface area is 132 Å². The molecule has 24 heavy (non-hydrogen) atoms. The van der Waals surface area contributed by atoms with Crippen molar-refractivity contribution in [2.24, 2.45) is 0 Å². The number of H-pyrrole nitrogens is 1. The van der Waals surface area contributed by atoms with E-state index in [1.807, 2.05) is 0 Å². The van der Waals surface area contributed by atoms with E-state index in [0.717, 1.165) is 5.56 Å². The molecule has 0 unspecified atom stereocenters. The van der Waals surface area contributed by atoms with Crippen LogP contribution in [-0.2, 0) is 12.7 Å². The number of hydrogen-bond acceptors (Lipinski definition) is 6. The fourth-order valence-electron chi connectivity index (χ4n) is 2.40. The summed E-state index contributed by atoms with van der Waals surface area (Å²) in [6.45, 7) is 0.317. The largest absolute Gasteiger partial charge is 0.454 e. The van der Waals surface area contributed by atoms with Crippen LogP contribution in [0.15, 0.2) is 24.5 Å². The molecule has 3 aromatic rings. The molecule has 3 heterocycles. The number of anilines is 1. The number of rotatable bonds is 3. The predicted molar refractivity (Wildman–Crippen MR) is 76.6 cm³/mol. The first-order chi connectivity index (χ1) is 11.5. The average molecular weight is 337 g/mol. The average Bonchev–Trinajstić information content (AvgIpc) is 3.20. The quantitative estimate of drug-likeness (QED) is 0.764. The lowest BCUT2D eigenvalue weighted by atomic mass is 10.2. The van der Waals surface area contributed by atoms with E-state index < -0.39 is 12.0 Å². The number of imidazole rings is 1. The van der Waals surface area contributed by atoms with Crippen molar-refractivity contribution in [3.05, 3.63) is 35.9 Å². The normalized spacial score (nSPS) is 13.5. The number of ether oxygens (including phenoxy) is 2. The highest BCUT2D eigenvalue weighted by atomic mass is 19.4. The molecular weight excluding hydrogens is 327 g/mol. The Hall–Kier alpha value is -3.04. The van der Waals surface area contributed by atoms with E-state index in [2.05, 4.69) is 25.3 Å². The highest BCUT2D eigenvalue weighted by molar-refractivity contribution is 5.82. The van der Waals surface area contributed by atoms with Gasteiger partial charge in [-0.1, -0.05) is 12.1 Å². The lowest BCUT2D eigenvalue weighted by Crippen LogP contribution is -2.13. The summed E-state index contributed by atoms with van der Waals surface area (Å²) in [6, 6.07) is 5.32. The second-order valence-electron chi connectivity index (χ2n) is 5.00. The molecule has 0 saturated heterocycles. The van der Waals surface area contributed by atoms with Gasteiger partial charge in [-0.25, -0.2) is 15.0 Å². The van der Waals surface area contributed by atoms with Gasteiger partial charge in [-0.2, -0.15) is 13.2 Å². The van der Waals surface area contributed by atoms with Crippen LogP contribution in [0, 0.1) is 0 Å². The molecule has 0 amide bonds. The number of aromatic amines is 1. The Balaban J connectivity index is 1.67. The zero-order valence-electron chi connectivity index (χ0n) is 12.0. The summed E-state index contributed by atoms with van der Waals surface area (Å²) in [5, 5.41) is 2.87.